The lowest BCUT2D eigenvalue weighted by atomic mass is 10.3. The molecule has 8 heteroatoms. The van der Waals surface area contributed by atoms with Crippen molar-refractivity contribution in [3.63, 3.8) is 0 Å². The number of sulfonamides is 1. The van der Waals surface area contributed by atoms with E-state index in [-0.39, 0.29) is 11.4 Å². The van der Waals surface area contributed by atoms with Gasteiger partial charge in [-0.25, -0.2) is 8.42 Å². The lowest BCUT2D eigenvalue weighted by Gasteiger charge is -2.07. The quantitative estimate of drug-likeness (QED) is 0.809. The molecule has 0 radical (unpaired) electrons. The minimum Gasteiger partial charge on any atom is -0.363 e. The molecule has 2 rings (SSSR count). The van der Waals surface area contributed by atoms with Crippen LogP contribution in [-0.4, -0.2) is 13.4 Å². The molecule has 0 aliphatic heterocycles. The van der Waals surface area contributed by atoms with Crippen LogP contribution in [0.15, 0.2) is 35.4 Å². The van der Waals surface area contributed by atoms with Crippen LogP contribution in [0.3, 0.4) is 0 Å². The lowest BCUT2D eigenvalue weighted by molar-refractivity contribution is 0.601. The molecule has 0 bridgehead atoms. The summed E-state index contributed by atoms with van der Waals surface area (Å²) in [6.45, 7) is 0.235. The Bertz CT molecular complexity index is 677. The van der Waals surface area contributed by atoms with E-state index >= 15 is 0 Å². The number of aromatic nitrogens is 1. The fraction of sp³-hybridized carbons (Fsp3) is 0.0909. The normalized spacial score (nSPS) is 11.5. The van der Waals surface area contributed by atoms with Crippen molar-refractivity contribution >= 4 is 38.9 Å². The van der Waals surface area contributed by atoms with Crippen molar-refractivity contribution < 1.29 is 8.42 Å². The Labute approximate surface area is 120 Å². The summed E-state index contributed by atoms with van der Waals surface area (Å²) in [5.74, 6) is 0. The first-order chi connectivity index (χ1) is 8.90. The number of aromatic amines is 1. The van der Waals surface area contributed by atoms with Gasteiger partial charge in [0.05, 0.1) is 5.69 Å². The van der Waals surface area contributed by atoms with Crippen molar-refractivity contribution in [2.75, 3.05) is 4.72 Å². The third-order valence-corrected chi connectivity index (χ3v) is 4.16. The molecule has 0 aliphatic rings. The summed E-state index contributed by atoms with van der Waals surface area (Å²) in [5.41, 5.74) is 6.35. The molecular formula is C11H11Cl2N3O2S. The predicted molar refractivity (Wildman–Crippen MR) is 76.0 cm³/mol. The van der Waals surface area contributed by atoms with Gasteiger partial charge in [0.1, 0.15) is 4.90 Å². The molecule has 4 N–H and O–H groups in total. The highest BCUT2D eigenvalue weighted by Crippen LogP contribution is 2.24. The zero-order valence-corrected chi connectivity index (χ0v) is 12.0. The molecular weight excluding hydrogens is 309 g/mol. The first-order valence-electron chi connectivity index (χ1n) is 5.27. The van der Waals surface area contributed by atoms with E-state index in [2.05, 4.69) is 9.71 Å². The highest BCUT2D eigenvalue weighted by molar-refractivity contribution is 7.92. The van der Waals surface area contributed by atoms with E-state index in [9.17, 15) is 8.42 Å². The molecule has 0 saturated heterocycles. The number of halogens is 2. The molecule has 1 aromatic carbocycles. The number of nitrogens with one attached hydrogen (secondary N) is 2. The van der Waals surface area contributed by atoms with E-state index in [0.717, 1.165) is 0 Å². The van der Waals surface area contributed by atoms with Gasteiger partial charge in [-0.15, -0.1) is 0 Å². The molecule has 0 unspecified atom stereocenters. The maximum Gasteiger partial charge on any atom is 0.263 e. The predicted octanol–water partition coefficient (Wildman–Crippen LogP) is 2.58. The number of H-pyrrole nitrogens is 1. The molecule has 2 aromatic rings. The van der Waals surface area contributed by atoms with E-state index in [4.69, 9.17) is 28.9 Å². The summed E-state index contributed by atoms with van der Waals surface area (Å²) in [6.07, 6.45) is 1.37. The maximum atomic E-state index is 12.1. The molecule has 1 aromatic heterocycles. The van der Waals surface area contributed by atoms with Gasteiger partial charge in [0.2, 0.25) is 0 Å². The van der Waals surface area contributed by atoms with Gasteiger partial charge in [0.25, 0.3) is 10.0 Å². The molecule has 19 heavy (non-hydrogen) atoms. The van der Waals surface area contributed by atoms with Crippen LogP contribution in [0.2, 0.25) is 10.0 Å². The van der Waals surface area contributed by atoms with Crippen molar-refractivity contribution in [1.29, 1.82) is 0 Å². The summed E-state index contributed by atoms with van der Waals surface area (Å²) in [4.78, 5) is 2.87. The monoisotopic (exact) mass is 319 g/mol. The zero-order chi connectivity index (χ0) is 14.0. The summed E-state index contributed by atoms with van der Waals surface area (Å²) < 4.78 is 26.6. The molecule has 0 saturated carbocycles. The van der Waals surface area contributed by atoms with Crippen LogP contribution in [0.25, 0.3) is 0 Å². The van der Waals surface area contributed by atoms with Gasteiger partial charge in [-0.2, -0.15) is 0 Å². The van der Waals surface area contributed by atoms with Crippen molar-refractivity contribution in [3.05, 3.63) is 46.2 Å². The van der Waals surface area contributed by atoms with Crippen LogP contribution >= 0.6 is 23.2 Å². The van der Waals surface area contributed by atoms with Crippen LogP contribution < -0.4 is 10.5 Å². The third kappa shape index (κ3) is 3.42. The first kappa shape index (κ1) is 14.2. The van der Waals surface area contributed by atoms with Crippen LogP contribution in [-0.2, 0) is 16.6 Å². The molecule has 102 valence electrons. The van der Waals surface area contributed by atoms with Crippen LogP contribution in [0, 0.1) is 0 Å². The topological polar surface area (TPSA) is 88.0 Å². The number of anilines is 1. The van der Waals surface area contributed by atoms with E-state index in [0.29, 0.717) is 21.4 Å². The first-order valence-corrected chi connectivity index (χ1v) is 7.51. The second kappa shape index (κ2) is 5.42. The van der Waals surface area contributed by atoms with Gasteiger partial charge < -0.3 is 10.7 Å². The SMILES string of the molecule is NCc1cc(S(=O)(=O)Nc2cc(Cl)cc(Cl)c2)c[nH]1. The summed E-state index contributed by atoms with van der Waals surface area (Å²) in [7, 11) is -3.69. The molecule has 1 heterocycles. The number of rotatable bonds is 4. The van der Waals surface area contributed by atoms with Gasteiger partial charge in [-0.3, -0.25) is 4.72 Å². The van der Waals surface area contributed by atoms with Gasteiger partial charge in [-0.05, 0) is 24.3 Å². The number of hydrogen-bond donors (Lipinski definition) is 3. The average molecular weight is 320 g/mol. The van der Waals surface area contributed by atoms with Gasteiger partial charge in [0.15, 0.2) is 0 Å². The van der Waals surface area contributed by atoms with Crippen LogP contribution in [0.4, 0.5) is 5.69 Å². The van der Waals surface area contributed by atoms with Crippen LogP contribution in [0.1, 0.15) is 5.69 Å². The minimum absolute atomic E-state index is 0.101. The van der Waals surface area contributed by atoms with E-state index in [1.807, 2.05) is 0 Å². The van der Waals surface area contributed by atoms with Crippen molar-refractivity contribution in [2.45, 2.75) is 11.4 Å². The molecule has 0 atom stereocenters. The summed E-state index contributed by atoms with van der Waals surface area (Å²) in [5, 5.41) is 0.698. The van der Waals surface area contributed by atoms with Crippen molar-refractivity contribution in [1.82, 2.24) is 4.98 Å². The smallest absolute Gasteiger partial charge is 0.263 e. The standard InChI is InChI=1S/C11H11Cl2N3O2S/c12-7-1-8(13)3-9(2-7)16-19(17,18)11-4-10(5-14)15-6-11/h1-4,6,15-16H,5,14H2. The summed E-state index contributed by atoms with van der Waals surface area (Å²) >= 11 is 11.6. The highest BCUT2D eigenvalue weighted by atomic mass is 35.5. The molecule has 5 nitrogen and oxygen atoms in total. The Balaban J connectivity index is 2.30. The Morgan fingerprint density at radius 1 is 1.16 bits per heavy atom. The third-order valence-electron chi connectivity index (χ3n) is 2.36. The Morgan fingerprint density at radius 3 is 2.32 bits per heavy atom. The number of nitrogens with two attached hydrogens (primary N) is 1. The average Bonchev–Trinajstić information content (AvgIpc) is 2.75. The Hall–Kier alpha value is -1.21. The Morgan fingerprint density at radius 2 is 1.79 bits per heavy atom. The molecule has 0 amide bonds. The molecule has 0 fully saturated rings. The number of benzene rings is 1. The highest BCUT2D eigenvalue weighted by Gasteiger charge is 2.16. The van der Waals surface area contributed by atoms with E-state index in [1.54, 1.807) is 0 Å². The van der Waals surface area contributed by atoms with E-state index < -0.39 is 10.0 Å². The minimum atomic E-state index is -3.69. The second-order valence-electron chi connectivity index (χ2n) is 3.83. The maximum absolute atomic E-state index is 12.1. The second-order valence-corrected chi connectivity index (χ2v) is 6.38. The van der Waals surface area contributed by atoms with Crippen LogP contribution in [0.5, 0.6) is 0 Å². The van der Waals surface area contributed by atoms with Gasteiger partial charge in [0, 0.05) is 28.5 Å². The number of hydrogen-bond acceptors (Lipinski definition) is 3. The van der Waals surface area contributed by atoms with Crippen molar-refractivity contribution in [2.24, 2.45) is 5.73 Å². The van der Waals surface area contributed by atoms with Gasteiger partial charge in [-0.1, -0.05) is 23.2 Å². The van der Waals surface area contributed by atoms with Crippen molar-refractivity contribution in [3.8, 4) is 0 Å². The fourth-order valence-corrected chi connectivity index (χ4v) is 3.10. The zero-order valence-electron chi connectivity index (χ0n) is 9.65. The lowest BCUT2D eigenvalue weighted by Crippen LogP contribution is -2.12. The van der Waals surface area contributed by atoms with E-state index in [1.165, 1.54) is 30.5 Å². The Kier molecular flexibility index (Phi) is 4.05. The fourth-order valence-electron chi connectivity index (χ4n) is 1.52. The molecule has 0 spiro atoms. The van der Waals surface area contributed by atoms with Gasteiger partial charge >= 0.3 is 0 Å². The molecule has 0 aliphatic carbocycles. The summed E-state index contributed by atoms with van der Waals surface area (Å²) in [6, 6.07) is 5.93. The largest absolute Gasteiger partial charge is 0.363 e.